The molecule has 2 rings (SSSR count). The first kappa shape index (κ1) is 16.3. The zero-order chi connectivity index (χ0) is 16.8. The number of hydrogen-bond acceptors (Lipinski definition) is 3. The number of benzene rings is 1. The third kappa shape index (κ3) is 4.20. The summed E-state index contributed by atoms with van der Waals surface area (Å²) in [4.78, 5) is 23.0. The first-order valence-corrected chi connectivity index (χ1v) is 7.01. The van der Waals surface area contributed by atoms with Crippen molar-refractivity contribution in [1.29, 1.82) is 0 Å². The minimum Gasteiger partial charge on any atom is -0.497 e. The molecule has 1 aromatic carbocycles. The van der Waals surface area contributed by atoms with Crippen LogP contribution in [0, 0.1) is 0 Å². The van der Waals surface area contributed by atoms with Crippen molar-refractivity contribution >= 4 is 23.8 Å². The number of carbonyl (C=O) groups is 2. The maximum absolute atomic E-state index is 12.2. The number of methoxy groups -OCH3 is 1. The van der Waals surface area contributed by atoms with Crippen LogP contribution in [0.3, 0.4) is 0 Å². The number of allylic oxidation sites excluding steroid dienone is 1. The van der Waals surface area contributed by atoms with Crippen molar-refractivity contribution in [3.05, 3.63) is 65.5 Å². The molecule has 0 atom stereocenters. The van der Waals surface area contributed by atoms with Crippen LogP contribution in [0.1, 0.15) is 21.7 Å². The van der Waals surface area contributed by atoms with Gasteiger partial charge in [-0.3, -0.25) is 9.59 Å². The Hall–Kier alpha value is -3.08. The van der Waals surface area contributed by atoms with Gasteiger partial charge in [-0.05, 0) is 42.5 Å². The van der Waals surface area contributed by atoms with Crippen molar-refractivity contribution in [1.82, 2.24) is 4.57 Å². The van der Waals surface area contributed by atoms with Gasteiger partial charge in [-0.2, -0.15) is 0 Å². The highest BCUT2D eigenvalue weighted by Crippen LogP contribution is 2.15. The summed E-state index contributed by atoms with van der Waals surface area (Å²) in [6.07, 6.45) is 6.16. The quantitative estimate of drug-likeness (QED) is 0.658. The van der Waals surface area contributed by atoms with Crippen LogP contribution in [0.4, 0.5) is 0 Å². The summed E-state index contributed by atoms with van der Waals surface area (Å²) in [5.41, 5.74) is 7.29. The van der Waals surface area contributed by atoms with E-state index in [2.05, 4.69) is 0 Å². The van der Waals surface area contributed by atoms with E-state index >= 15 is 0 Å². The molecule has 0 unspecified atom stereocenters. The molecule has 0 saturated heterocycles. The highest BCUT2D eigenvalue weighted by Gasteiger charge is 2.04. The van der Waals surface area contributed by atoms with Crippen molar-refractivity contribution in [3.63, 3.8) is 0 Å². The van der Waals surface area contributed by atoms with E-state index in [1.165, 1.54) is 12.2 Å². The molecule has 0 aliphatic rings. The molecule has 5 heteroatoms. The minimum atomic E-state index is -0.503. The van der Waals surface area contributed by atoms with Gasteiger partial charge < -0.3 is 15.0 Å². The fourth-order valence-electron chi connectivity index (χ4n) is 2.08. The van der Waals surface area contributed by atoms with Gasteiger partial charge in [-0.1, -0.05) is 12.1 Å². The highest BCUT2D eigenvalue weighted by atomic mass is 16.5. The van der Waals surface area contributed by atoms with Crippen molar-refractivity contribution in [2.75, 3.05) is 7.11 Å². The number of nitrogens with zero attached hydrogens (tertiary/aromatic N) is 1. The fourth-order valence-corrected chi connectivity index (χ4v) is 2.08. The molecule has 1 amide bonds. The van der Waals surface area contributed by atoms with Crippen LogP contribution < -0.4 is 10.5 Å². The summed E-state index contributed by atoms with van der Waals surface area (Å²) in [5.74, 6) is 0.0258. The van der Waals surface area contributed by atoms with Gasteiger partial charge in [-0.15, -0.1) is 0 Å². The zero-order valence-corrected chi connectivity index (χ0v) is 13.0. The summed E-state index contributed by atoms with van der Waals surface area (Å²) in [6.45, 7) is 0. The summed E-state index contributed by atoms with van der Waals surface area (Å²) >= 11 is 0. The summed E-state index contributed by atoms with van der Waals surface area (Å²) in [7, 11) is 3.40. The first-order chi connectivity index (χ1) is 11.0. The molecule has 0 spiro atoms. The predicted octanol–water partition coefficient (Wildman–Crippen LogP) is 2.43. The maximum Gasteiger partial charge on any atom is 0.241 e. The van der Waals surface area contributed by atoms with E-state index in [1.807, 2.05) is 23.7 Å². The van der Waals surface area contributed by atoms with E-state index in [1.54, 1.807) is 43.5 Å². The Kier molecular flexibility index (Phi) is 5.15. The number of aromatic nitrogens is 1. The number of amides is 1. The van der Waals surface area contributed by atoms with Gasteiger partial charge in [0.1, 0.15) is 5.75 Å². The van der Waals surface area contributed by atoms with E-state index < -0.39 is 5.91 Å². The van der Waals surface area contributed by atoms with Crippen LogP contribution in [0.15, 0.2) is 48.6 Å². The van der Waals surface area contributed by atoms with E-state index in [0.29, 0.717) is 11.3 Å². The van der Waals surface area contributed by atoms with Crippen molar-refractivity contribution in [2.24, 2.45) is 12.8 Å². The van der Waals surface area contributed by atoms with Crippen LogP contribution in [0.2, 0.25) is 0 Å². The molecule has 0 bridgehead atoms. The molecule has 0 aliphatic carbocycles. The SMILES string of the molecule is COc1cccc(C(=O)/C=C/c2ccc(/C=C/C(N)=O)n2C)c1. The van der Waals surface area contributed by atoms with Gasteiger partial charge in [0.25, 0.3) is 0 Å². The monoisotopic (exact) mass is 310 g/mol. The standard InChI is InChI=1S/C18H18N2O3/c1-20-14(6-7-15(20)9-11-18(19)22)8-10-17(21)13-4-3-5-16(12-13)23-2/h3-12H,1-2H3,(H2,19,22)/b10-8+,11-9+. The van der Waals surface area contributed by atoms with E-state index in [9.17, 15) is 9.59 Å². The number of rotatable bonds is 6. The van der Waals surface area contributed by atoms with Gasteiger partial charge in [0.05, 0.1) is 7.11 Å². The summed E-state index contributed by atoms with van der Waals surface area (Å²) < 4.78 is 6.97. The number of carbonyl (C=O) groups excluding carboxylic acids is 2. The Morgan fingerprint density at radius 2 is 1.74 bits per heavy atom. The molecule has 5 nitrogen and oxygen atoms in total. The van der Waals surface area contributed by atoms with Gasteiger partial charge in [0.15, 0.2) is 5.78 Å². The molecular weight excluding hydrogens is 292 g/mol. The lowest BCUT2D eigenvalue weighted by molar-refractivity contribution is -0.113. The molecule has 1 heterocycles. The van der Waals surface area contributed by atoms with E-state index in [4.69, 9.17) is 10.5 Å². The van der Waals surface area contributed by atoms with Gasteiger partial charge in [0, 0.05) is 30.1 Å². The largest absolute Gasteiger partial charge is 0.497 e. The third-order valence-corrected chi connectivity index (χ3v) is 3.38. The second-order valence-corrected chi connectivity index (χ2v) is 4.91. The van der Waals surface area contributed by atoms with Crippen LogP contribution in [-0.2, 0) is 11.8 Å². The zero-order valence-electron chi connectivity index (χ0n) is 13.0. The number of ketones is 1. The smallest absolute Gasteiger partial charge is 0.241 e. The summed E-state index contributed by atoms with van der Waals surface area (Å²) in [5, 5.41) is 0. The highest BCUT2D eigenvalue weighted by molar-refractivity contribution is 6.07. The molecule has 0 saturated carbocycles. The summed E-state index contributed by atoms with van der Waals surface area (Å²) in [6, 6.07) is 10.7. The lowest BCUT2D eigenvalue weighted by Crippen LogP contribution is -2.05. The topological polar surface area (TPSA) is 74.3 Å². The Bertz CT molecular complexity index is 785. The van der Waals surface area contributed by atoms with Crippen LogP contribution in [0.5, 0.6) is 5.75 Å². The van der Waals surface area contributed by atoms with Crippen molar-refractivity contribution in [2.45, 2.75) is 0 Å². The van der Waals surface area contributed by atoms with E-state index in [0.717, 1.165) is 11.4 Å². The molecular formula is C18H18N2O3. The second kappa shape index (κ2) is 7.26. The number of primary amides is 1. The number of ether oxygens (including phenoxy) is 1. The Balaban J connectivity index is 2.16. The number of hydrogen-bond donors (Lipinski definition) is 1. The minimum absolute atomic E-state index is 0.112. The average Bonchev–Trinajstić information content (AvgIpc) is 2.90. The predicted molar refractivity (Wildman–Crippen MR) is 90.0 cm³/mol. The van der Waals surface area contributed by atoms with Crippen LogP contribution in [-0.4, -0.2) is 23.4 Å². The molecule has 23 heavy (non-hydrogen) atoms. The Morgan fingerprint density at radius 1 is 1.09 bits per heavy atom. The van der Waals surface area contributed by atoms with Gasteiger partial charge in [0.2, 0.25) is 5.91 Å². The molecule has 0 radical (unpaired) electrons. The number of nitrogens with two attached hydrogens (primary N) is 1. The van der Waals surface area contributed by atoms with Crippen molar-refractivity contribution < 1.29 is 14.3 Å². The lowest BCUT2D eigenvalue weighted by atomic mass is 10.1. The Labute approximate surface area is 134 Å². The molecule has 2 N–H and O–H groups in total. The van der Waals surface area contributed by atoms with Gasteiger partial charge >= 0.3 is 0 Å². The fraction of sp³-hybridized carbons (Fsp3) is 0.111. The molecule has 0 fully saturated rings. The Morgan fingerprint density at radius 3 is 2.35 bits per heavy atom. The molecule has 2 aromatic rings. The van der Waals surface area contributed by atoms with Crippen molar-refractivity contribution in [3.8, 4) is 5.75 Å². The van der Waals surface area contributed by atoms with Crippen LogP contribution in [0.25, 0.3) is 12.2 Å². The maximum atomic E-state index is 12.2. The average molecular weight is 310 g/mol. The third-order valence-electron chi connectivity index (χ3n) is 3.38. The lowest BCUT2D eigenvalue weighted by Gasteiger charge is -2.02. The normalized spacial score (nSPS) is 11.2. The van der Waals surface area contributed by atoms with E-state index in [-0.39, 0.29) is 5.78 Å². The first-order valence-electron chi connectivity index (χ1n) is 7.01. The molecule has 118 valence electrons. The molecule has 0 aliphatic heterocycles. The van der Waals surface area contributed by atoms with Crippen LogP contribution >= 0.6 is 0 Å². The second-order valence-electron chi connectivity index (χ2n) is 4.91. The van der Waals surface area contributed by atoms with Gasteiger partial charge in [-0.25, -0.2) is 0 Å². The molecule has 1 aromatic heterocycles.